The molecule has 4 rings (SSSR count). The highest BCUT2D eigenvalue weighted by Crippen LogP contribution is 2.25. The van der Waals surface area contributed by atoms with Gasteiger partial charge in [0.2, 0.25) is 0 Å². The molecule has 0 bridgehead atoms. The van der Waals surface area contributed by atoms with Gasteiger partial charge < -0.3 is 9.88 Å². The van der Waals surface area contributed by atoms with Gasteiger partial charge >= 0.3 is 0 Å². The van der Waals surface area contributed by atoms with Crippen molar-refractivity contribution in [3.8, 4) is 0 Å². The Morgan fingerprint density at radius 2 is 1.74 bits per heavy atom. The van der Waals surface area contributed by atoms with Crippen LogP contribution in [-0.4, -0.2) is 36.1 Å². The number of nitrogens with one attached hydrogen (secondary N) is 1. The van der Waals surface area contributed by atoms with Crippen LogP contribution in [0.4, 0.5) is 10.1 Å². The van der Waals surface area contributed by atoms with Gasteiger partial charge in [-0.3, -0.25) is 4.90 Å². The number of benzene rings is 2. The first-order valence-corrected chi connectivity index (χ1v) is 8.07. The lowest BCUT2D eigenvalue weighted by molar-refractivity contribution is 0.250. The van der Waals surface area contributed by atoms with Gasteiger partial charge in [0.25, 0.3) is 0 Å². The zero-order chi connectivity index (χ0) is 15.6. The summed E-state index contributed by atoms with van der Waals surface area (Å²) in [7, 11) is 0. The van der Waals surface area contributed by atoms with Crippen LogP contribution in [0.2, 0.25) is 0 Å². The summed E-state index contributed by atoms with van der Waals surface area (Å²) in [5.41, 5.74) is 2.92. The molecule has 1 saturated heterocycles. The quantitative estimate of drug-likeness (QED) is 0.798. The van der Waals surface area contributed by atoms with Crippen LogP contribution >= 0.6 is 0 Å². The summed E-state index contributed by atoms with van der Waals surface area (Å²) in [5, 5.41) is 0.937. The van der Waals surface area contributed by atoms with Gasteiger partial charge in [-0.1, -0.05) is 30.3 Å². The average molecular weight is 309 g/mol. The maximum absolute atomic E-state index is 14.1. The maximum atomic E-state index is 14.1. The van der Waals surface area contributed by atoms with Crippen LogP contribution in [0.3, 0.4) is 0 Å². The van der Waals surface area contributed by atoms with E-state index < -0.39 is 0 Å². The molecule has 23 heavy (non-hydrogen) atoms. The molecule has 0 aliphatic carbocycles. The lowest BCUT2D eigenvalue weighted by Gasteiger charge is -2.36. The molecule has 4 heteroatoms. The first kappa shape index (κ1) is 14.3. The molecule has 2 aromatic carbocycles. The average Bonchev–Trinajstić information content (AvgIpc) is 3.06. The number of aromatic amines is 1. The highest BCUT2D eigenvalue weighted by Gasteiger charge is 2.18. The summed E-state index contributed by atoms with van der Waals surface area (Å²) < 4.78 is 14.1. The molecule has 0 saturated carbocycles. The third kappa shape index (κ3) is 2.94. The van der Waals surface area contributed by atoms with Crippen LogP contribution in [0.15, 0.2) is 54.7 Å². The molecule has 0 atom stereocenters. The predicted molar refractivity (Wildman–Crippen MR) is 92.2 cm³/mol. The molecule has 2 heterocycles. The second-order valence-electron chi connectivity index (χ2n) is 6.12. The molecule has 1 aromatic heterocycles. The van der Waals surface area contributed by atoms with Crippen LogP contribution in [0.5, 0.6) is 0 Å². The van der Waals surface area contributed by atoms with Crippen molar-refractivity contribution in [3.05, 3.63) is 66.1 Å². The number of hydrogen-bond donors (Lipinski definition) is 1. The Morgan fingerprint density at radius 3 is 2.52 bits per heavy atom. The Labute approximate surface area is 135 Å². The molecule has 1 aliphatic heterocycles. The van der Waals surface area contributed by atoms with Crippen LogP contribution in [0.1, 0.15) is 5.56 Å². The minimum absolute atomic E-state index is 0.172. The maximum Gasteiger partial charge on any atom is 0.149 e. The van der Waals surface area contributed by atoms with Crippen molar-refractivity contribution < 1.29 is 4.39 Å². The fourth-order valence-electron chi connectivity index (χ4n) is 3.30. The van der Waals surface area contributed by atoms with Gasteiger partial charge in [-0.05, 0) is 23.8 Å². The Bertz CT molecular complexity index is 789. The molecule has 1 aliphatic rings. The van der Waals surface area contributed by atoms with E-state index in [0.29, 0.717) is 5.52 Å². The predicted octanol–water partition coefficient (Wildman–Crippen LogP) is 3.63. The Kier molecular flexibility index (Phi) is 3.75. The van der Waals surface area contributed by atoms with Gasteiger partial charge in [0.1, 0.15) is 5.82 Å². The first-order chi connectivity index (χ1) is 11.3. The van der Waals surface area contributed by atoms with Crippen molar-refractivity contribution in [2.75, 3.05) is 31.1 Å². The molecule has 0 spiro atoms. The van der Waals surface area contributed by atoms with E-state index in [9.17, 15) is 4.39 Å². The SMILES string of the molecule is Fc1cc(N2CCN(Cc3ccccc3)CC2)cc2cc[nH]c12. The molecule has 3 nitrogen and oxygen atoms in total. The van der Waals surface area contributed by atoms with Crippen molar-refractivity contribution in [3.63, 3.8) is 0 Å². The second kappa shape index (κ2) is 6.05. The van der Waals surface area contributed by atoms with Gasteiger partial charge in [0.05, 0.1) is 5.52 Å². The summed E-state index contributed by atoms with van der Waals surface area (Å²) in [6, 6.07) is 16.2. The molecule has 0 unspecified atom stereocenters. The summed E-state index contributed by atoms with van der Waals surface area (Å²) >= 11 is 0. The zero-order valence-electron chi connectivity index (χ0n) is 13.0. The number of halogens is 1. The largest absolute Gasteiger partial charge is 0.369 e. The van der Waals surface area contributed by atoms with Gasteiger partial charge in [-0.25, -0.2) is 4.39 Å². The second-order valence-corrected chi connectivity index (χ2v) is 6.12. The van der Waals surface area contributed by atoms with E-state index in [4.69, 9.17) is 0 Å². The number of aromatic nitrogens is 1. The summed E-state index contributed by atoms with van der Waals surface area (Å²) in [4.78, 5) is 7.68. The van der Waals surface area contributed by atoms with E-state index in [-0.39, 0.29) is 5.82 Å². The third-order valence-electron chi connectivity index (χ3n) is 4.58. The highest BCUT2D eigenvalue weighted by molar-refractivity contribution is 5.83. The number of H-pyrrole nitrogens is 1. The fourth-order valence-corrected chi connectivity index (χ4v) is 3.30. The van der Waals surface area contributed by atoms with E-state index in [2.05, 4.69) is 45.1 Å². The van der Waals surface area contributed by atoms with Gasteiger partial charge in [-0.15, -0.1) is 0 Å². The van der Waals surface area contributed by atoms with E-state index in [1.165, 1.54) is 5.56 Å². The van der Waals surface area contributed by atoms with E-state index >= 15 is 0 Å². The molecule has 118 valence electrons. The van der Waals surface area contributed by atoms with Crippen molar-refractivity contribution in [1.82, 2.24) is 9.88 Å². The third-order valence-corrected chi connectivity index (χ3v) is 4.58. The van der Waals surface area contributed by atoms with Crippen LogP contribution in [-0.2, 0) is 6.54 Å². The van der Waals surface area contributed by atoms with Crippen molar-refractivity contribution in [2.24, 2.45) is 0 Å². The molecule has 0 amide bonds. The van der Waals surface area contributed by atoms with Crippen molar-refractivity contribution in [2.45, 2.75) is 6.54 Å². The van der Waals surface area contributed by atoms with Crippen LogP contribution in [0, 0.1) is 5.82 Å². The van der Waals surface area contributed by atoms with E-state index in [0.717, 1.165) is 43.8 Å². The Balaban J connectivity index is 1.44. The van der Waals surface area contributed by atoms with Crippen molar-refractivity contribution in [1.29, 1.82) is 0 Å². The number of hydrogen-bond acceptors (Lipinski definition) is 2. The minimum Gasteiger partial charge on any atom is -0.369 e. The van der Waals surface area contributed by atoms with E-state index in [1.54, 1.807) is 12.3 Å². The standard InChI is InChI=1S/C19H20FN3/c20-18-13-17(12-16-6-7-21-19(16)18)23-10-8-22(9-11-23)14-15-4-2-1-3-5-15/h1-7,12-13,21H,8-11,14H2. The fraction of sp³-hybridized carbons (Fsp3) is 0.263. The zero-order valence-corrected chi connectivity index (χ0v) is 13.0. The van der Waals surface area contributed by atoms with Gasteiger partial charge in [0, 0.05) is 50.0 Å². The molecular weight excluding hydrogens is 289 g/mol. The number of nitrogens with zero attached hydrogens (tertiary/aromatic N) is 2. The number of piperazine rings is 1. The number of anilines is 1. The minimum atomic E-state index is -0.172. The van der Waals surface area contributed by atoms with Gasteiger partial charge in [-0.2, -0.15) is 0 Å². The molecule has 1 N–H and O–H groups in total. The van der Waals surface area contributed by atoms with Gasteiger partial charge in [0.15, 0.2) is 0 Å². The van der Waals surface area contributed by atoms with Crippen molar-refractivity contribution >= 4 is 16.6 Å². The Morgan fingerprint density at radius 1 is 0.957 bits per heavy atom. The van der Waals surface area contributed by atoms with Crippen LogP contribution < -0.4 is 4.90 Å². The summed E-state index contributed by atoms with van der Waals surface area (Å²) in [5.74, 6) is -0.172. The molecular formula is C19H20FN3. The number of fused-ring (bicyclic) bond motifs is 1. The topological polar surface area (TPSA) is 22.3 Å². The molecule has 1 fully saturated rings. The lowest BCUT2D eigenvalue weighted by atomic mass is 10.1. The number of rotatable bonds is 3. The van der Waals surface area contributed by atoms with Crippen LogP contribution in [0.25, 0.3) is 10.9 Å². The summed E-state index contributed by atoms with van der Waals surface area (Å²) in [6.45, 7) is 4.85. The van der Waals surface area contributed by atoms with E-state index in [1.807, 2.05) is 12.1 Å². The smallest absolute Gasteiger partial charge is 0.149 e. The normalized spacial score (nSPS) is 16.1. The Hall–Kier alpha value is -2.33. The summed E-state index contributed by atoms with van der Waals surface area (Å²) in [6.07, 6.45) is 1.79. The molecule has 0 radical (unpaired) electrons. The highest BCUT2D eigenvalue weighted by atomic mass is 19.1. The first-order valence-electron chi connectivity index (χ1n) is 8.07. The monoisotopic (exact) mass is 309 g/mol. The lowest BCUT2D eigenvalue weighted by Crippen LogP contribution is -2.46. The molecule has 3 aromatic rings.